The lowest BCUT2D eigenvalue weighted by Gasteiger charge is -2.39. The van der Waals surface area contributed by atoms with Crippen LogP contribution in [0.5, 0.6) is 0 Å². The minimum Gasteiger partial charge on any atom is -0.444 e. The van der Waals surface area contributed by atoms with E-state index in [-0.39, 0.29) is 24.5 Å². The summed E-state index contributed by atoms with van der Waals surface area (Å²) in [6.45, 7) is 7.78. The third-order valence-electron chi connectivity index (χ3n) is 3.99. The number of amides is 1. The molecule has 0 N–H and O–H groups in total. The summed E-state index contributed by atoms with van der Waals surface area (Å²) in [5.74, 6) is -0.0977. The summed E-state index contributed by atoms with van der Waals surface area (Å²) in [6.07, 6.45) is -4.62. The number of carbonyl (C=O) groups is 2. The summed E-state index contributed by atoms with van der Waals surface area (Å²) in [4.78, 5) is 25.5. The van der Waals surface area contributed by atoms with Crippen LogP contribution in [-0.4, -0.2) is 35.5 Å². The van der Waals surface area contributed by atoms with Gasteiger partial charge < -0.3 is 9.64 Å². The molecule has 0 radical (unpaired) electrons. The van der Waals surface area contributed by atoms with Gasteiger partial charge in [0.1, 0.15) is 11.4 Å². The second kappa shape index (κ2) is 7.29. The fourth-order valence-electron chi connectivity index (χ4n) is 2.92. The fraction of sp³-hybridized carbons (Fsp3) is 0.579. The maximum absolute atomic E-state index is 12.9. The van der Waals surface area contributed by atoms with E-state index in [0.717, 1.165) is 12.1 Å². The lowest BCUT2D eigenvalue weighted by atomic mass is 9.91. The minimum absolute atomic E-state index is 0.0296. The third kappa shape index (κ3) is 5.75. The molecule has 26 heavy (non-hydrogen) atoms. The van der Waals surface area contributed by atoms with Crippen molar-refractivity contribution in [1.29, 1.82) is 0 Å². The zero-order chi connectivity index (χ0) is 19.7. The van der Waals surface area contributed by atoms with E-state index in [1.54, 1.807) is 33.8 Å². The number of likely N-dealkylation sites (tertiary alicyclic amines) is 1. The number of hydrogen-bond donors (Lipinski definition) is 0. The number of nitrogens with zero attached hydrogens (tertiary/aromatic N) is 1. The number of benzene rings is 1. The molecule has 0 bridgehead atoms. The van der Waals surface area contributed by atoms with E-state index in [9.17, 15) is 22.8 Å². The lowest BCUT2D eigenvalue weighted by Crippen LogP contribution is -2.52. The molecule has 144 valence electrons. The molecule has 1 aliphatic heterocycles. The van der Waals surface area contributed by atoms with E-state index in [1.807, 2.05) is 0 Å². The highest BCUT2D eigenvalue weighted by molar-refractivity contribution is 5.81. The first kappa shape index (κ1) is 20.3. The van der Waals surface area contributed by atoms with Crippen LogP contribution in [0, 0.1) is 12.8 Å². The highest BCUT2D eigenvalue weighted by Crippen LogP contribution is 2.31. The molecule has 1 aromatic rings. The Morgan fingerprint density at radius 1 is 1.15 bits per heavy atom. The van der Waals surface area contributed by atoms with E-state index in [4.69, 9.17) is 4.74 Å². The highest BCUT2D eigenvalue weighted by atomic mass is 19.4. The Bertz CT molecular complexity index is 686. The average molecular weight is 371 g/mol. The molecule has 0 atom stereocenters. The molecule has 1 aliphatic rings. The Morgan fingerprint density at radius 2 is 1.77 bits per heavy atom. The summed E-state index contributed by atoms with van der Waals surface area (Å²) < 4.78 is 43.8. The van der Waals surface area contributed by atoms with E-state index in [0.29, 0.717) is 24.2 Å². The first-order valence-electron chi connectivity index (χ1n) is 8.51. The molecule has 0 aromatic heterocycles. The van der Waals surface area contributed by atoms with Crippen molar-refractivity contribution in [1.82, 2.24) is 4.90 Å². The van der Waals surface area contributed by atoms with Gasteiger partial charge in [0.2, 0.25) is 0 Å². The normalized spacial score (nSPS) is 15.6. The molecule has 0 aliphatic carbocycles. The van der Waals surface area contributed by atoms with Crippen molar-refractivity contribution in [2.45, 2.75) is 52.3 Å². The van der Waals surface area contributed by atoms with Crippen molar-refractivity contribution in [3.05, 3.63) is 34.9 Å². The van der Waals surface area contributed by atoms with Crippen LogP contribution in [-0.2, 0) is 22.1 Å². The van der Waals surface area contributed by atoms with E-state index >= 15 is 0 Å². The second-order valence-electron chi connectivity index (χ2n) is 7.88. The quantitative estimate of drug-likeness (QED) is 0.789. The van der Waals surface area contributed by atoms with Gasteiger partial charge >= 0.3 is 12.3 Å². The van der Waals surface area contributed by atoms with E-state index in [1.165, 1.54) is 4.90 Å². The molecule has 0 saturated carbocycles. The second-order valence-corrected chi connectivity index (χ2v) is 7.88. The van der Waals surface area contributed by atoms with Crippen molar-refractivity contribution in [3.63, 3.8) is 0 Å². The molecular formula is C19H24F3NO3. The smallest absolute Gasteiger partial charge is 0.416 e. The number of ether oxygens (including phenoxy) is 1. The summed E-state index contributed by atoms with van der Waals surface area (Å²) in [5.41, 5.74) is -0.465. The topological polar surface area (TPSA) is 46.6 Å². The van der Waals surface area contributed by atoms with Gasteiger partial charge in [-0.15, -0.1) is 0 Å². The van der Waals surface area contributed by atoms with Gasteiger partial charge in [0.15, 0.2) is 0 Å². The number of hydrogen-bond acceptors (Lipinski definition) is 3. The van der Waals surface area contributed by atoms with Crippen LogP contribution in [0.3, 0.4) is 0 Å². The van der Waals surface area contributed by atoms with Gasteiger partial charge in [-0.05, 0) is 45.4 Å². The molecule has 1 aromatic carbocycles. The first-order valence-corrected chi connectivity index (χ1v) is 8.51. The number of Topliss-reactive ketones (excluding diaryl/α,β-unsaturated/α-hetero) is 1. The number of alkyl halides is 3. The monoisotopic (exact) mass is 371 g/mol. The molecule has 0 unspecified atom stereocenters. The van der Waals surface area contributed by atoms with Crippen LogP contribution in [0.2, 0.25) is 0 Å². The Morgan fingerprint density at radius 3 is 2.31 bits per heavy atom. The minimum atomic E-state index is -4.42. The Hall–Kier alpha value is -2.05. The van der Waals surface area contributed by atoms with Gasteiger partial charge in [-0.1, -0.05) is 11.6 Å². The highest BCUT2D eigenvalue weighted by Gasteiger charge is 2.35. The van der Waals surface area contributed by atoms with Gasteiger partial charge in [0.05, 0.1) is 5.56 Å². The Kier molecular flexibility index (Phi) is 5.68. The van der Waals surface area contributed by atoms with Gasteiger partial charge in [-0.25, -0.2) is 4.79 Å². The zero-order valence-electron chi connectivity index (χ0n) is 15.4. The molecular weight excluding hydrogens is 347 g/mol. The van der Waals surface area contributed by atoms with Crippen LogP contribution in [0.15, 0.2) is 18.2 Å². The molecule has 4 nitrogen and oxygen atoms in total. The van der Waals surface area contributed by atoms with E-state index < -0.39 is 23.4 Å². The van der Waals surface area contributed by atoms with Crippen molar-refractivity contribution >= 4 is 11.9 Å². The Labute approximate surface area is 151 Å². The standard InChI is InChI=1S/C19H24F3NO3/c1-12-5-13(7-15(6-12)19(20,21)22)8-16(24)9-14-10-23(11-14)17(25)26-18(2,3)4/h5-7,14H,8-11H2,1-4H3. The van der Waals surface area contributed by atoms with Crippen LogP contribution >= 0.6 is 0 Å². The summed E-state index contributed by atoms with van der Waals surface area (Å²) in [6, 6.07) is 3.69. The maximum atomic E-state index is 12.9. The summed E-state index contributed by atoms with van der Waals surface area (Å²) in [7, 11) is 0. The van der Waals surface area contributed by atoms with Gasteiger partial charge in [-0.2, -0.15) is 13.2 Å². The fourth-order valence-corrected chi connectivity index (χ4v) is 2.92. The van der Waals surface area contributed by atoms with Crippen LogP contribution < -0.4 is 0 Å². The molecule has 0 spiro atoms. The summed E-state index contributed by atoms with van der Waals surface area (Å²) >= 11 is 0. The average Bonchev–Trinajstić information content (AvgIpc) is 2.38. The van der Waals surface area contributed by atoms with Crippen molar-refractivity contribution in [2.24, 2.45) is 5.92 Å². The van der Waals surface area contributed by atoms with Gasteiger partial charge in [0.25, 0.3) is 0 Å². The third-order valence-corrected chi connectivity index (χ3v) is 3.99. The van der Waals surface area contributed by atoms with Crippen LogP contribution in [0.1, 0.15) is 43.9 Å². The van der Waals surface area contributed by atoms with Crippen LogP contribution in [0.4, 0.5) is 18.0 Å². The number of rotatable bonds is 4. The van der Waals surface area contributed by atoms with Crippen molar-refractivity contribution < 1.29 is 27.5 Å². The number of carbonyl (C=O) groups excluding carboxylic acids is 2. The van der Waals surface area contributed by atoms with E-state index in [2.05, 4.69) is 0 Å². The zero-order valence-corrected chi connectivity index (χ0v) is 15.4. The predicted octanol–water partition coefficient (Wildman–Crippen LogP) is 4.38. The van der Waals surface area contributed by atoms with Gasteiger partial charge in [-0.3, -0.25) is 4.79 Å². The van der Waals surface area contributed by atoms with Crippen molar-refractivity contribution in [2.75, 3.05) is 13.1 Å². The maximum Gasteiger partial charge on any atom is 0.416 e. The SMILES string of the molecule is Cc1cc(CC(=O)CC2CN(C(=O)OC(C)(C)C)C2)cc(C(F)(F)F)c1. The molecule has 1 heterocycles. The molecule has 7 heteroatoms. The summed E-state index contributed by atoms with van der Waals surface area (Å²) in [5, 5.41) is 0. The predicted molar refractivity (Wildman–Crippen MR) is 90.8 cm³/mol. The lowest BCUT2D eigenvalue weighted by molar-refractivity contribution is -0.137. The number of halogens is 3. The Balaban J connectivity index is 1.86. The largest absolute Gasteiger partial charge is 0.444 e. The molecule has 2 rings (SSSR count). The number of ketones is 1. The molecule has 1 fully saturated rings. The first-order chi connectivity index (χ1) is 11.8. The van der Waals surface area contributed by atoms with Gasteiger partial charge in [0, 0.05) is 31.8 Å². The molecule has 1 saturated heterocycles. The van der Waals surface area contributed by atoms with Crippen LogP contribution in [0.25, 0.3) is 0 Å². The van der Waals surface area contributed by atoms with Crippen molar-refractivity contribution in [3.8, 4) is 0 Å². The number of aryl methyl sites for hydroxylation is 1. The molecule has 1 amide bonds.